The molecule has 0 aromatic rings. The van der Waals surface area contributed by atoms with Crippen LogP contribution < -0.4 is 5.32 Å². The van der Waals surface area contributed by atoms with E-state index in [1.807, 2.05) is 6.92 Å². The van der Waals surface area contributed by atoms with E-state index < -0.39 is 0 Å². The molecule has 17 heavy (non-hydrogen) atoms. The van der Waals surface area contributed by atoms with Crippen molar-refractivity contribution in [3.63, 3.8) is 0 Å². The molecule has 1 N–H and O–H groups in total. The number of rotatable bonds is 9. The average Bonchev–Trinajstić information content (AvgIpc) is 3.16. The van der Waals surface area contributed by atoms with E-state index in [0.29, 0.717) is 0 Å². The Bertz CT molecular complexity index is 255. The van der Waals surface area contributed by atoms with E-state index >= 15 is 0 Å². The Morgan fingerprint density at radius 2 is 2.06 bits per heavy atom. The van der Waals surface area contributed by atoms with Crippen LogP contribution in [0, 0.1) is 11.3 Å². The van der Waals surface area contributed by atoms with Crippen LogP contribution in [-0.2, 0) is 0 Å². The number of hydrogen-bond acceptors (Lipinski definition) is 3. The molecule has 1 fully saturated rings. The van der Waals surface area contributed by atoms with Crippen molar-refractivity contribution in [1.82, 2.24) is 10.2 Å². The highest BCUT2D eigenvalue weighted by molar-refractivity contribution is 5.07. The number of hydrogen-bond donors (Lipinski definition) is 1. The Labute approximate surface area is 106 Å². The molecule has 0 heterocycles. The summed E-state index contributed by atoms with van der Waals surface area (Å²) in [6, 6.07) is 3.20. The molecule has 0 aromatic heterocycles. The van der Waals surface area contributed by atoms with E-state index in [1.54, 1.807) is 0 Å². The van der Waals surface area contributed by atoms with Crippen molar-refractivity contribution in [2.45, 2.75) is 64.5 Å². The highest BCUT2D eigenvalue weighted by Crippen LogP contribution is 2.28. The molecule has 1 rings (SSSR count). The van der Waals surface area contributed by atoms with Gasteiger partial charge in [0.15, 0.2) is 0 Å². The largest absolute Gasteiger partial charge is 0.299 e. The lowest BCUT2D eigenvalue weighted by Crippen LogP contribution is -2.51. The summed E-state index contributed by atoms with van der Waals surface area (Å²) in [4.78, 5) is 2.51. The van der Waals surface area contributed by atoms with Gasteiger partial charge in [-0.25, -0.2) is 0 Å². The van der Waals surface area contributed by atoms with Crippen molar-refractivity contribution < 1.29 is 0 Å². The normalized spacial score (nSPS) is 19.0. The Kier molecular flexibility index (Phi) is 5.94. The third-order valence-corrected chi connectivity index (χ3v) is 3.39. The van der Waals surface area contributed by atoms with Crippen molar-refractivity contribution in [2.24, 2.45) is 0 Å². The molecular formula is C14H27N3. The molecule has 98 valence electrons. The molecule has 3 heteroatoms. The summed E-state index contributed by atoms with van der Waals surface area (Å²) in [5.41, 5.74) is -0.383. The fourth-order valence-electron chi connectivity index (χ4n) is 2.13. The van der Waals surface area contributed by atoms with Crippen molar-refractivity contribution in [2.75, 3.05) is 19.6 Å². The molecule has 1 unspecified atom stereocenters. The minimum atomic E-state index is -0.383. The van der Waals surface area contributed by atoms with Gasteiger partial charge in [0.05, 0.1) is 6.07 Å². The topological polar surface area (TPSA) is 39.1 Å². The van der Waals surface area contributed by atoms with Crippen LogP contribution in [0.5, 0.6) is 0 Å². The predicted octanol–water partition coefficient (Wildman–Crippen LogP) is 2.53. The molecule has 0 amide bonds. The molecule has 0 saturated heterocycles. The second kappa shape index (κ2) is 6.98. The first-order valence-electron chi connectivity index (χ1n) is 7.05. The average molecular weight is 237 g/mol. The standard InChI is InChI=1S/C14H27N3/c1-4-6-10-17(13-7-8-13)12-14(3,11-15)16-9-5-2/h13,16H,4-10,12H2,1-3H3. The van der Waals surface area contributed by atoms with Gasteiger partial charge in [0.1, 0.15) is 5.54 Å². The molecule has 0 bridgehead atoms. The lowest BCUT2D eigenvalue weighted by Gasteiger charge is -2.31. The van der Waals surface area contributed by atoms with E-state index in [1.165, 1.54) is 25.7 Å². The number of nitrogens with one attached hydrogen (secondary N) is 1. The maximum atomic E-state index is 9.35. The van der Waals surface area contributed by atoms with Crippen molar-refractivity contribution >= 4 is 0 Å². The first-order valence-corrected chi connectivity index (χ1v) is 7.05. The molecule has 0 aromatic carbocycles. The van der Waals surface area contributed by atoms with Crippen LogP contribution in [0.15, 0.2) is 0 Å². The van der Waals surface area contributed by atoms with Gasteiger partial charge in [0.2, 0.25) is 0 Å². The summed E-state index contributed by atoms with van der Waals surface area (Å²) >= 11 is 0. The van der Waals surface area contributed by atoms with Gasteiger partial charge < -0.3 is 0 Å². The Hall–Kier alpha value is -0.590. The molecule has 1 aliphatic carbocycles. The monoisotopic (exact) mass is 237 g/mol. The predicted molar refractivity (Wildman–Crippen MR) is 71.8 cm³/mol. The zero-order valence-electron chi connectivity index (χ0n) is 11.6. The minimum absolute atomic E-state index is 0.383. The van der Waals surface area contributed by atoms with Gasteiger partial charge in [-0.1, -0.05) is 20.3 Å². The summed E-state index contributed by atoms with van der Waals surface area (Å²) in [5, 5.41) is 12.7. The highest BCUT2D eigenvalue weighted by atomic mass is 15.2. The number of nitrogens with zero attached hydrogens (tertiary/aromatic N) is 2. The van der Waals surface area contributed by atoms with E-state index in [2.05, 4.69) is 30.1 Å². The maximum absolute atomic E-state index is 9.35. The lowest BCUT2D eigenvalue weighted by molar-refractivity contribution is 0.208. The van der Waals surface area contributed by atoms with Crippen LogP contribution in [0.3, 0.4) is 0 Å². The van der Waals surface area contributed by atoms with Crippen molar-refractivity contribution in [3.05, 3.63) is 0 Å². The van der Waals surface area contributed by atoms with E-state index in [9.17, 15) is 5.26 Å². The quantitative estimate of drug-likeness (QED) is 0.670. The van der Waals surface area contributed by atoms with Crippen LogP contribution in [0.4, 0.5) is 0 Å². The van der Waals surface area contributed by atoms with Crippen LogP contribution in [0.25, 0.3) is 0 Å². The number of nitriles is 1. The fraction of sp³-hybridized carbons (Fsp3) is 0.929. The van der Waals surface area contributed by atoms with Gasteiger partial charge in [-0.15, -0.1) is 0 Å². The molecule has 1 saturated carbocycles. The van der Waals surface area contributed by atoms with Gasteiger partial charge in [0.25, 0.3) is 0 Å². The third kappa shape index (κ3) is 5.06. The SMILES string of the molecule is CCCCN(CC(C)(C#N)NCCC)C1CC1. The molecule has 0 spiro atoms. The van der Waals surface area contributed by atoms with E-state index in [-0.39, 0.29) is 5.54 Å². The fourth-order valence-corrected chi connectivity index (χ4v) is 2.13. The Morgan fingerprint density at radius 3 is 2.53 bits per heavy atom. The summed E-state index contributed by atoms with van der Waals surface area (Å²) in [5.74, 6) is 0. The van der Waals surface area contributed by atoms with Gasteiger partial charge in [-0.3, -0.25) is 10.2 Å². The van der Waals surface area contributed by atoms with Crippen molar-refractivity contribution in [3.8, 4) is 6.07 Å². The molecule has 0 aliphatic heterocycles. The molecule has 0 radical (unpaired) electrons. The van der Waals surface area contributed by atoms with Gasteiger partial charge in [-0.05, 0) is 45.7 Å². The van der Waals surface area contributed by atoms with Crippen LogP contribution in [-0.4, -0.2) is 36.1 Å². The summed E-state index contributed by atoms with van der Waals surface area (Å²) in [6.07, 6.45) is 6.19. The zero-order valence-corrected chi connectivity index (χ0v) is 11.6. The molecular weight excluding hydrogens is 210 g/mol. The van der Waals surface area contributed by atoms with Crippen molar-refractivity contribution in [1.29, 1.82) is 5.26 Å². The zero-order chi connectivity index (χ0) is 12.7. The first kappa shape index (κ1) is 14.5. The van der Waals surface area contributed by atoms with E-state index in [4.69, 9.17) is 0 Å². The minimum Gasteiger partial charge on any atom is -0.299 e. The molecule has 3 nitrogen and oxygen atoms in total. The number of unbranched alkanes of at least 4 members (excludes halogenated alkanes) is 1. The van der Waals surface area contributed by atoms with Gasteiger partial charge >= 0.3 is 0 Å². The van der Waals surface area contributed by atoms with E-state index in [0.717, 1.165) is 32.1 Å². The molecule has 1 atom stereocenters. The van der Waals surface area contributed by atoms with Crippen LogP contribution >= 0.6 is 0 Å². The molecule has 1 aliphatic rings. The maximum Gasteiger partial charge on any atom is 0.116 e. The first-order chi connectivity index (χ1) is 8.15. The third-order valence-electron chi connectivity index (χ3n) is 3.39. The second-order valence-corrected chi connectivity index (χ2v) is 5.43. The van der Waals surface area contributed by atoms with Gasteiger partial charge in [-0.2, -0.15) is 5.26 Å². The Balaban J connectivity index is 2.47. The summed E-state index contributed by atoms with van der Waals surface area (Å²) in [7, 11) is 0. The summed E-state index contributed by atoms with van der Waals surface area (Å²) < 4.78 is 0. The van der Waals surface area contributed by atoms with Crippen LogP contribution in [0.2, 0.25) is 0 Å². The summed E-state index contributed by atoms with van der Waals surface area (Å²) in [6.45, 7) is 9.34. The second-order valence-electron chi connectivity index (χ2n) is 5.43. The smallest absolute Gasteiger partial charge is 0.116 e. The van der Waals surface area contributed by atoms with Gasteiger partial charge in [0, 0.05) is 12.6 Å². The Morgan fingerprint density at radius 1 is 1.35 bits per heavy atom. The lowest BCUT2D eigenvalue weighted by atomic mass is 10.0. The highest BCUT2D eigenvalue weighted by Gasteiger charge is 2.34. The van der Waals surface area contributed by atoms with Crippen LogP contribution in [0.1, 0.15) is 52.9 Å².